The van der Waals surface area contributed by atoms with Gasteiger partial charge in [0.15, 0.2) is 0 Å². The van der Waals surface area contributed by atoms with E-state index in [-0.39, 0.29) is 5.82 Å². The Kier molecular flexibility index (Phi) is 5.27. The predicted molar refractivity (Wildman–Crippen MR) is 88.5 cm³/mol. The quantitative estimate of drug-likeness (QED) is 0.673. The maximum Gasteiger partial charge on any atom is 0.142 e. The molecule has 1 rings (SSSR count). The van der Waals surface area contributed by atoms with E-state index < -0.39 is 16.1 Å². The number of allylic oxidation sites excluding steroid dienone is 2. The van der Waals surface area contributed by atoms with Gasteiger partial charge in [-0.1, -0.05) is 45.4 Å². The third-order valence-corrected chi connectivity index (χ3v) is 5.63. The van der Waals surface area contributed by atoms with Gasteiger partial charge < -0.3 is 0 Å². The molecule has 1 heterocycles. The highest BCUT2D eigenvalue weighted by atomic mass is 28.3. The summed E-state index contributed by atoms with van der Waals surface area (Å²) in [6.07, 6.45) is 5.40. The molecular weight excluding hydrogens is 269 g/mol. The second-order valence-electron chi connectivity index (χ2n) is 7.62. The van der Waals surface area contributed by atoms with Gasteiger partial charge in [0.25, 0.3) is 0 Å². The topological polar surface area (TPSA) is 12.9 Å². The Morgan fingerprint density at radius 2 is 1.74 bits per heavy atom. The van der Waals surface area contributed by atoms with Gasteiger partial charge in [0.2, 0.25) is 0 Å². The van der Waals surface area contributed by atoms with Gasteiger partial charge in [-0.25, -0.2) is 4.39 Å². The summed E-state index contributed by atoms with van der Waals surface area (Å²) in [6, 6.07) is 3.84. The van der Waals surface area contributed by atoms with Gasteiger partial charge in [-0.2, -0.15) is 0 Å². The summed E-state index contributed by atoms with van der Waals surface area (Å²) in [5.74, 6) is -0.244. The predicted octanol–water partition coefficient (Wildman–Crippen LogP) is 5.28. The minimum Gasteiger partial charge on any atom is -0.261 e. The first kappa shape index (κ1) is 16.3. The van der Waals surface area contributed by atoms with Gasteiger partial charge in [0.1, 0.15) is 5.82 Å². The fraction of sp³-hybridized carbons (Fsp3) is 0.533. The molecule has 0 aromatic carbocycles. The Morgan fingerprint density at radius 1 is 1.11 bits per heavy atom. The van der Waals surface area contributed by atoms with Crippen LogP contribution in [0.15, 0.2) is 24.5 Å². The van der Waals surface area contributed by atoms with E-state index in [1.54, 1.807) is 12.3 Å². The van der Waals surface area contributed by atoms with E-state index in [9.17, 15) is 4.39 Å². The van der Waals surface area contributed by atoms with Crippen LogP contribution in [-0.2, 0) is 0 Å². The highest BCUT2D eigenvalue weighted by Crippen LogP contribution is 2.27. The minimum absolute atomic E-state index is 0.244. The van der Waals surface area contributed by atoms with Gasteiger partial charge in [-0.05, 0) is 29.3 Å². The van der Waals surface area contributed by atoms with Gasteiger partial charge in [0.05, 0.1) is 6.20 Å². The maximum absolute atomic E-state index is 13.4. The molecule has 0 amide bonds. The molecule has 1 nitrogen and oxygen atoms in total. The second kappa shape index (κ2) is 6.14. The molecule has 0 aliphatic carbocycles. The lowest BCUT2D eigenvalue weighted by atomic mass is 10.1. The summed E-state index contributed by atoms with van der Waals surface area (Å²) in [4.78, 5) is 3.99. The zero-order chi connectivity index (χ0) is 14.7. The van der Waals surface area contributed by atoms with Crippen molar-refractivity contribution in [2.24, 2.45) is 0 Å². The van der Waals surface area contributed by atoms with Crippen molar-refractivity contribution in [3.8, 4) is 0 Å². The minimum atomic E-state index is -1.22. The summed E-state index contributed by atoms with van der Waals surface area (Å²) in [7, 11) is -2.34. The Labute approximate surface area is 119 Å². The molecule has 0 atom stereocenters. The molecule has 4 heteroatoms. The van der Waals surface area contributed by atoms with E-state index in [1.807, 2.05) is 0 Å². The Balaban J connectivity index is 3.05. The molecule has 0 spiro atoms. The van der Waals surface area contributed by atoms with Crippen molar-refractivity contribution in [3.63, 3.8) is 0 Å². The van der Waals surface area contributed by atoms with E-state index >= 15 is 0 Å². The number of rotatable bonds is 5. The molecule has 0 bridgehead atoms. The molecule has 0 N–H and O–H groups in total. The summed E-state index contributed by atoms with van der Waals surface area (Å²) in [5.41, 5.74) is 2.24. The van der Waals surface area contributed by atoms with Crippen molar-refractivity contribution in [1.29, 1.82) is 0 Å². The van der Waals surface area contributed by atoms with Crippen molar-refractivity contribution in [2.45, 2.75) is 51.4 Å². The first-order valence-electron chi connectivity index (χ1n) is 6.87. The van der Waals surface area contributed by atoms with Crippen LogP contribution in [-0.4, -0.2) is 21.1 Å². The van der Waals surface area contributed by atoms with Gasteiger partial charge in [0, 0.05) is 22.3 Å². The molecule has 1 aromatic heterocycles. The fourth-order valence-corrected chi connectivity index (χ4v) is 4.23. The van der Waals surface area contributed by atoms with E-state index in [2.05, 4.69) is 50.3 Å². The Hall–Kier alpha value is -0.746. The average molecular weight is 296 g/mol. The van der Waals surface area contributed by atoms with Crippen molar-refractivity contribution in [3.05, 3.63) is 35.9 Å². The molecule has 0 aliphatic rings. The van der Waals surface area contributed by atoms with Crippen LogP contribution >= 0.6 is 0 Å². The molecule has 106 valence electrons. The molecule has 0 saturated heterocycles. The fourth-order valence-electron chi connectivity index (χ4n) is 1.88. The van der Waals surface area contributed by atoms with Crippen LogP contribution < -0.4 is 0 Å². The molecule has 0 saturated carbocycles. The first-order valence-corrected chi connectivity index (χ1v) is 14.3. The highest BCUT2D eigenvalue weighted by molar-refractivity contribution is 6.78. The lowest BCUT2D eigenvalue weighted by Crippen LogP contribution is -2.21. The van der Waals surface area contributed by atoms with Crippen molar-refractivity contribution >= 4 is 21.7 Å². The summed E-state index contributed by atoms with van der Waals surface area (Å²) in [6.45, 7) is 14.1. The van der Waals surface area contributed by atoms with E-state index in [1.165, 1.54) is 11.8 Å². The standard InChI is InChI=1S/C15H26FNSi2/c1-18(2,3)8-7-13(12-19(4,5)6)14-9-15(16)11-17-10-14/h7,9-11H,8,12H2,1-6H3/b13-7+. The van der Waals surface area contributed by atoms with Crippen LogP contribution in [0.1, 0.15) is 5.56 Å². The summed E-state index contributed by atoms with van der Waals surface area (Å²) < 4.78 is 13.4. The lowest BCUT2D eigenvalue weighted by molar-refractivity contribution is 0.621. The zero-order valence-corrected chi connectivity index (χ0v) is 15.0. The smallest absolute Gasteiger partial charge is 0.142 e. The normalized spacial score (nSPS) is 13.7. The third kappa shape index (κ3) is 6.82. The molecule has 0 radical (unpaired) electrons. The number of hydrogen-bond donors (Lipinski definition) is 0. The van der Waals surface area contributed by atoms with Crippen molar-refractivity contribution < 1.29 is 4.39 Å². The molecule has 0 unspecified atom stereocenters. The first-order chi connectivity index (χ1) is 8.57. The monoisotopic (exact) mass is 295 g/mol. The largest absolute Gasteiger partial charge is 0.261 e. The summed E-state index contributed by atoms with van der Waals surface area (Å²) >= 11 is 0. The third-order valence-electron chi connectivity index (χ3n) is 2.76. The van der Waals surface area contributed by atoms with Crippen molar-refractivity contribution in [2.75, 3.05) is 0 Å². The van der Waals surface area contributed by atoms with E-state index in [0.29, 0.717) is 0 Å². The van der Waals surface area contributed by atoms with Crippen LogP contribution in [0.4, 0.5) is 4.39 Å². The molecule has 1 aromatic rings. The number of pyridine rings is 1. The number of aromatic nitrogens is 1. The molecule has 0 fully saturated rings. The van der Waals surface area contributed by atoms with Crippen LogP contribution in [0.3, 0.4) is 0 Å². The van der Waals surface area contributed by atoms with Gasteiger partial charge >= 0.3 is 0 Å². The van der Waals surface area contributed by atoms with E-state index in [4.69, 9.17) is 0 Å². The maximum atomic E-state index is 13.4. The van der Waals surface area contributed by atoms with Crippen LogP contribution in [0.5, 0.6) is 0 Å². The average Bonchev–Trinajstić information content (AvgIpc) is 2.21. The second-order valence-corrected chi connectivity index (χ2v) is 18.6. The highest BCUT2D eigenvalue weighted by Gasteiger charge is 2.18. The summed E-state index contributed by atoms with van der Waals surface area (Å²) in [5, 5.41) is 0. The number of nitrogens with zero attached hydrogens (tertiary/aromatic N) is 1. The lowest BCUT2D eigenvalue weighted by Gasteiger charge is -2.20. The van der Waals surface area contributed by atoms with Gasteiger partial charge in [-0.3, -0.25) is 4.98 Å². The number of halogens is 1. The van der Waals surface area contributed by atoms with Crippen molar-refractivity contribution in [1.82, 2.24) is 4.98 Å². The number of hydrogen-bond acceptors (Lipinski definition) is 1. The van der Waals surface area contributed by atoms with Crippen LogP contribution in [0.25, 0.3) is 5.57 Å². The Morgan fingerprint density at radius 3 is 2.21 bits per heavy atom. The van der Waals surface area contributed by atoms with Crippen LogP contribution in [0.2, 0.25) is 51.4 Å². The van der Waals surface area contributed by atoms with E-state index in [0.717, 1.165) is 17.7 Å². The van der Waals surface area contributed by atoms with Gasteiger partial charge in [-0.15, -0.1) is 0 Å². The zero-order valence-electron chi connectivity index (χ0n) is 13.0. The molecule has 0 aliphatic heterocycles. The van der Waals surface area contributed by atoms with Crippen LogP contribution in [0, 0.1) is 5.82 Å². The molecule has 19 heavy (non-hydrogen) atoms. The SMILES string of the molecule is C[Si](C)(C)C/C=C(\C[Si](C)(C)C)c1cncc(F)c1. The Bertz CT molecular complexity index is 456. The molecular formula is C15H26FNSi2.